The zero-order valence-electron chi connectivity index (χ0n) is 10.5. The molecule has 1 aromatic rings. The van der Waals surface area contributed by atoms with Crippen molar-refractivity contribution in [1.29, 1.82) is 0 Å². The highest BCUT2D eigenvalue weighted by molar-refractivity contribution is 5.87. The van der Waals surface area contributed by atoms with E-state index in [1.807, 2.05) is 13.8 Å². The SMILES string of the molecule is CCC(C)NC(=O)COc1ccc(C(=O)O)cc1. The van der Waals surface area contributed by atoms with Crippen LogP contribution in [0.5, 0.6) is 5.75 Å². The number of carbonyl (C=O) groups excluding carboxylic acids is 1. The number of benzene rings is 1. The van der Waals surface area contributed by atoms with Crippen molar-refractivity contribution in [3.63, 3.8) is 0 Å². The summed E-state index contributed by atoms with van der Waals surface area (Å²) in [5.74, 6) is -0.706. The van der Waals surface area contributed by atoms with E-state index in [1.165, 1.54) is 24.3 Å². The first kappa shape index (κ1) is 14.0. The molecule has 1 atom stereocenters. The molecule has 98 valence electrons. The van der Waals surface area contributed by atoms with E-state index in [0.29, 0.717) is 5.75 Å². The normalized spacial score (nSPS) is 11.7. The standard InChI is InChI=1S/C13H17NO4/c1-3-9(2)14-12(15)8-18-11-6-4-10(5-7-11)13(16)17/h4-7,9H,3,8H2,1-2H3,(H,14,15)(H,16,17). The van der Waals surface area contributed by atoms with Gasteiger partial charge in [-0.25, -0.2) is 4.79 Å². The minimum absolute atomic E-state index is 0.0727. The molecule has 0 fully saturated rings. The lowest BCUT2D eigenvalue weighted by Gasteiger charge is -2.12. The van der Waals surface area contributed by atoms with Crippen LogP contribution in [-0.4, -0.2) is 29.6 Å². The molecule has 0 spiro atoms. The molecule has 0 aliphatic rings. The Balaban J connectivity index is 2.44. The van der Waals surface area contributed by atoms with E-state index in [2.05, 4.69) is 5.32 Å². The van der Waals surface area contributed by atoms with Crippen molar-refractivity contribution in [3.8, 4) is 5.75 Å². The summed E-state index contributed by atoms with van der Waals surface area (Å²) in [6.45, 7) is 3.83. The minimum atomic E-state index is -0.990. The summed E-state index contributed by atoms with van der Waals surface area (Å²) in [4.78, 5) is 22.1. The third-order valence-corrected chi connectivity index (χ3v) is 2.49. The van der Waals surface area contributed by atoms with Gasteiger partial charge >= 0.3 is 5.97 Å². The third kappa shape index (κ3) is 4.45. The Morgan fingerprint density at radius 1 is 1.33 bits per heavy atom. The van der Waals surface area contributed by atoms with Crippen LogP contribution in [0.15, 0.2) is 24.3 Å². The van der Waals surface area contributed by atoms with Crippen LogP contribution in [-0.2, 0) is 4.79 Å². The number of hydrogen-bond donors (Lipinski definition) is 2. The maximum atomic E-state index is 11.4. The molecule has 1 unspecified atom stereocenters. The molecule has 0 heterocycles. The van der Waals surface area contributed by atoms with E-state index in [1.54, 1.807) is 0 Å². The molecule has 1 aromatic carbocycles. The number of hydrogen-bond acceptors (Lipinski definition) is 3. The monoisotopic (exact) mass is 251 g/mol. The topological polar surface area (TPSA) is 75.6 Å². The highest BCUT2D eigenvalue weighted by atomic mass is 16.5. The van der Waals surface area contributed by atoms with Crippen LogP contribution >= 0.6 is 0 Å². The van der Waals surface area contributed by atoms with Gasteiger partial charge in [-0.2, -0.15) is 0 Å². The van der Waals surface area contributed by atoms with E-state index in [4.69, 9.17) is 9.84 Å². The van der Waals surface area contributed by atoms with E-state index in [9.17, 15) is 9.59 Å². The zero-order valence-corrected chi connectivity index (χ0v) is 10.5. The Kier molecular flexibility index (Phi) is 5.17. The first-order valence-electron chi connectivity index (χ1n) is 5.78. The van der Waals surface area contributed by atoms with E-state index in [0.717, 1.165) is 6.42 Å². The van der Waals surface area contributed by atoms with Crippen LogP contribution in [0, 0.1) is 0 Å². The van der Waals surface area contributed by atoms with Gasteiger partial charge in [0, 0.05) is 6.04 Å². The molecule has 0 aliphatic carbocycles. The maximum Gasteiger partial charge on any atom is 0.335 e. The number of rotatable bonds is 6. The highest BCUT2D eigenvalue weighted by Gasteiger charge is 2.07. The molecular formula is C13H17NO4. The molecule has 0 aliphatic heterocycles. The fourth-order valence-electron chi connectivity index (χ4n) is 1.26. The first-order chi connectivity index (χ1) is 8.52. The van der Waals surface area contributed by atoms with Gasteiger partial charge in [-0.1, -0.05) is 6.92 Å². The number of nitrogens with one attached hydrogen (secondary N) is 1. The van der Waals surface area contributed by atoms with E-state index in [-0.39, 0.29) is 24.1 Å². The van der Waals surface area contributed by atoms with Gasteiger partial charge in [0.2, 0.25) is 0 Å². The fraction of sp³-hybridized carbons (Fsp3) is 0.385. The van der Waals surface area contributed by atoms with E-state index < -0.39 is 5.97 Å². The molecule has 5 heteroatoms. The molecular weight excluding hydrogens is 234 g/mol. The van der Waals surface area contributed by atoms with Crippen molar-refractivity contribution in [2.75, 3.05) is 6.61 Å². The van der Waals surface area contributed by atoms with Gasteiger partial charge in [0.05, 0.1) is 5.56 Å². The predicted molar refractivity (Wildman–Crippen MR) is 66.8 cm³/mol. The number of carboxylic acids is 1. The quantitative estimate of drug-likeness (QED) is 0.806. The number of carbonyl (C=O) groups is 2. The largest absolute Gasteiger partial charge is 0.484 e. The van der Waals surface area contributed by atoms with Gasteiger partial charge in [0.1, 0.15) is 5.75 Å². The maximum absolute atomic E-state index is 11.4. The van der Waals surface area contributed by atoms with Crippen LogP contribution in [0.4, 0.5) is 0 Å². The smallest absolute Gasteiger partial charge is 0.335 e. The third-order valence-electron chi connectivity index (χ3n) is 2.49. The lowest BCUT2D eigenvalue weighted by Crippen LogP contribution is -2.35. The Morgan fingerprint density at radius 2 is 1.94 bits per heavy atom. The lowest BCUT2D eigenvalue weighted by atomic mass is 10.2. The molecule has 0 bridgehead atoms. The van der Waals surface area contributed by atoms with Gasteiger partial charge in [-0.05, 0) is 37.6 Å². The number of amides is 1. The Labute approximate surface area is 106 Å². The van der Waals surface area contributed by atoms with Crippen LogP contribution in [0.1, 0.15) is 30.6 Å². The summed E-state index contributed by atoms with van der Waals surface area (Å²) in [6, 6.07) is 6.05. The van der Waals surface area contributed by atoms with Crippen LogP contribution < -0.4 is 10.1 Å². The molecule has 1 rings (SSSR count). The first-order valence-corrected chi connectivity index (χ1v) is 5.78. The summed E-state index contributed by atoms with van der Waals surface area (Å²) >= 11 is 0. The van der Waals surface area contributed by atoms with Crippen molar-refractivity contribution in [2.45, 2.75) is 26.3 Å². The summed E-state index contributed by atoms with van der Waals surface area (Å²) in [6.07, 6.45) is 0.860. The van der Waals surface area contributed by atoms with Crippen molar-refractivity contribution < 1.29 is 19.4 Å². The van der Waals surface area contributed by atoms with Crippen LogP contribution in [0.2, 0.25) is 0 Å². The highest BCUT2D eigenvalue weighted by Crippen LogP contribution is 2.11. The molecule has 2 N–H and O–H groups in total. The second-order valence-electron chi connectivity index (χ2n) is 4.00. The predicted octanol–water partition coefficient (Wildman–Crippen LogP) is 1.68. The average molecular weight is 251 g/mol. The molecule has 0 radical (unpaired) electrons. The van der Waals surface area contributed by atoms with Gasteiger partial charge in [0.25, 0.3) is 5.91 Å². The van der Waals surface area contributed by atoms with Crippen molar-refractivity contribution in [3.05, 3.63) is 29.8 Å². The summed E-state index contributed by atoms with van der Waals surface area (Å²) in [5, 5.41) is 11.5. The van der Waals surface area contributed by atoms with Gasteiger partial charge in [-0.15, -0.1) is 0 Å². The fourth-order valence-corrected chi connectivity index (χ4v) is 1.26. The summed E-state index contributed by atoms with van der Waals surface area (Å²) in [7, 11) is 0. The molecule has 18 heavy (non-hydrogen) atoms. The number of carboxylic acid groups (broad SMARTS) is 1. The lowest BCUT2D eigenvalue weighted by molar-refractivity contribution is -0.123. The second kappa shape index (κ2) is 6.64. The molecule has 0 saturated heterocycles. The molecule has 0 saturated carbocycles. The Bertz CT molecular complexity index is 414. The van der Waals surface area contributed by atoms with Crippen LogP contribution in [0.3, 0.4) is 0 Å². The van der Waals surface area contributed by atoms with Gasteiger partial charge < -0.3 is 15.2 Å². The Hall–Kier alpha value is -2.04. The van der Waals surface area contributed by atoms with Crippen molar-refractivity contribution in [1.82, 2.24) is 5.32 Å². The summed E-state index contributed by atoms with van der Waals surface area (Å²) < 4.78 is 5.24. The van der Waals surface area contributed by atoms with Crippen molar-refractivity contribution in [2.24, 2.45) is 0 Å². The second-order valence-corrected chi connectivity index (χ2v) is 4.00. The number of ether oxygens (including phenoxy) is 1. The molecule has 0 aromatic heterocycles. The van der Waals surface area contributed by atoms with Crippen LogP contribution in [0.25, 0.3) is 0 Å². The van der Waals surface area contributed by atoms with Gasteiger partial charge in [-0.3, -0.25) is 4.79 Å². The molecule has 1 amide bonds. The average Bonchev–Trinajstić information content (AvgIpc) is 2.36. The number of aromatic carboxylic acids is 1. The zero-order chi connectivity index (χ0) is 13.5. The van der Waals surface area contributed by atoms with Crippen molar-refractivity contribution >= 4 is 11.9 Å². The van der Waals surface area contributed by atoms with Gasteiger partial charge in [0.15, 0.2) is 6.61 Å². The summed E-state index contributed by atoms with van der Waals surface area (Å²) in [5.41, 5.74) is 0.186. The molecule has 5 nitrogen and oxygen atoms in total. The van der Waals surface area contributed by atoms with E-state index >= 15 is 0 Å². The Morgan fingerprint density at radius 3 is 2.44 bits per heavy atom. The minimum Gasteiger partial charge on any atom is -0.484 e.